The standard InChI is InChI=1S/C20H25ClN2O3/c1-23(12-4-5-15-6-9-17(25-2)10-7-15)14-20(24)22-18-13-16(21)8-11-19(18)26-3/h6-11,13H,4-5,12,14H2,1-3H3,(H,22,24). The summed E-state index contributed by atoms with van der Waals surface area (Å²) in [4.78, 5) is 14.2. The number of nitrogens with zero attached hydrogens (tertiary/aromatic N) is 1. The van der Waals surface area contributed by atoms with Gasteiger partial charge in [-0.25, -0.2) is 0 Å². The van der Waals surface area contributed by atoms with Crippen molar-refractivity contribution in [2.24, 2.45) is 0 Å². The summed E-state index contributed by atoms with van der Waals surface area (Å²) >= 11 is 5.98. The molecule has 1 N–H and O–H groups in total. The van der Waals surface area contributed by atoms with Gasteiger partial charge in [-0.3, -0.25) is 9.69 Å². The predicted octanol–water partition coefficient (Wildman–Crippen LogP) is 3.86. The summed E-state index contributed by atoms with van der Waals surface area (Å²) in [6.45, 7) is 1.13. The fourth-order valence-corrected chi connectivity index (χ4v) is 2.81. The molecule has 2 aromatic rings. The number of ether oxygens (including phenoxy) is 2. The number of anilines is 1. The van der Waals surface area contributed by atoms with Gasteiger partial charge in [-0.2, -0.15) is 0 Å². The third-order valence-corrected chi connectivity index (χ3v) is 4.25. The Hall–Kier alpha value is -2.24. The Morgan fingerprint density at radius 3 is 2.50 bits per heavy atom. The molecule has 0 aliphatic heterocycles. The van der Waals surface area contributed by atoms with Crippen molar-refractivity contribution in [2.75, 3.05) is 39.7 Å². The second-order valence-electron chi connectivity index (χ2n) is 6.08. The number of amides is 1. The molecule has 140 valence electrons. The molecule has 2 rings (SSSR count). The lowest BCUT2D eigenvalue weighted by Gasteiger charge is -2.17. The van der Waals surface area contributed by atoms with Crippen molar-refractivity contribution >= 4 is 23.2 Å². The van der Waals surface area contributed by atoms with Gasteiger partial charge in [0.2, 0.25) is 5.91 Å². The average molecular weight is 377 g/mol. The van der Waals surface area contributed by atoms with E-state index in [9.17, 15) is 4.79 Å². The van der Waals surface area contributed by atoms with Crippen LogP contribution in [0.3, 0.4) is 0 Å². The first-order valence-electron chi connectivity index (χ1n) is 8.46. The second kappa shape index (κ2) is 10.0. The Morgan fingerprint density at radius 2 is 1.85 bits per heavy atom. The van der Waals surface area contributed by atoms with E-state index < -0.39 is 0 Å². The van der Waals surface area contributed by atoms with E-state index in [0.717, 1.165) is 25.1 Å². The van der Waals surface area contributed by atoms with E-state index in [1.165, 1.54) is 5.56 Å². The summed E-state index contributed by atoms with van der Waals surface area (Å²) in [5.41, 5.74) is 1.84. The maximum Gasteiger partial charge on any atom is 0.238 e. The molecule has 0 radical (unpaired) electrons. The van der Waals surface area contributed by atoms with Gasteiger partial charge in [-0.1, -0.05) is 23.7 Å². The van der Waals surface area contributed by atoms with Crippen LogP contribution in [-0.4, -0.2) is 45.2 Å². The molecule has 0 saturated carbocycles. The highest BCUT2D eigenvalue weighted by Crippen LogP contribution is 2.27. The second-order valence-corrected chi connectivity index (χ2v) is 6.52. The van der Waals surface area contributed by atoms with E-state index in [1.807, 2.05) is 24.1 Å². The third-order valence-electron chi connectivity index (χ3n) is 4.01. The summed E-state index contributed by atoms with van der Waals surface area (Å²) < 4.78 is 10.4. The summed E-state index contributed by atoms with van der Waals surface area (Å²) in [5, 5.41) is 3.40. The number of likely N-dealkylation sites (N-methyl/N-ethyl adjacent to an activating group) is 1. The van der Waals surface area contributed by atoms with Crippen molar-refractivity contribution < 1.29 is 14.3 Å². The van der Waals surface area contributed by atoms with Gasteiger partial charge in [0.15, 0.2) is 0 Å². The molecule has 5 nitrogen and oxygen atoms in total. The Balaban J connectivity index is 1.77. The van der Waals surface area contributed by atoms with Crippen molar-refractivity contribution in [3.05, 3.63) is 53.1 Å². The van der Waals surface area contributed by atoms with Crippen molar-refractivity contribution in [2.45, 2.75) is 12.8 Å². The van der Waals surface area contributed by atoms with Crippen LogP contribution in [0.25, 0.3) is 0 Å². The number of rotatable bonds is 9. The van der Waals surface area contributed by atoms with E-state index in [-0.39, 0.29) is 5.91 Å². The van der Waals surface area contributed by atoms with Gasteiger partial charge in [0, 0.05) is 5.02 Å². The molecule has 26 heavy (non-hydrogen) atoms. The Morgan fingerprint density at radius 1 is 1.12 bits per heavy atom. The number of hydrogen-bond acceptors (Lipinski definition) is 4. The third kappa shape index (κ3) is 6.24. The number of halogens is 1. The number of carbonyl (C=O) groups excluding carboxylic acids is 1. The first-order chi connectivity index (χ1) is 12.5. The molecule has 0 unspecified atom stereocenters. The van der Waals surface area contributed by atoms with Gasteiger partial charge in [-0.15, -0.1) is 0 Å². The van der Waals surface area contributed by atoms with Crippen LogP contribution in [0.4, 0.5) is 5.69 Å². The van der Waals surface area contributed by atoms with Crippen LogP contribution in [0.2, 0.25) is 5.02 Å². The molecular formula is C20H25ClN2O3. The number of methoxy groups -OCH3 is 2. The van der Waals surface area contributed by atoms with Gasteiger partial charge in [0.1, 0.15) is 11.5 Å². The smallest absolute Gasteiger partial charge is 0.238 e. The molecule has 0 aromatic heterocycles. The number of carbonyl (C=O) groups is 1. The topological polar surface area (TPSA) is 50.8 Å². The average Bonchev–Trinajstić information content (AvgIpc) is 2.62. The minimum Gasteiger partial charge on any atom is -0.497 e. The minimum absolute atomic E-state index is 0.0995. The van der Waals surface area contributed by atoms with E-state index in [1.54, 1.807) is 32.4 Å². The molecule has 0 aliphatic rings. The highest BCUT2D eigenvalue weighted by Gasteiger charge is 2.10. The van der Waals surface area contributed by atoms with Crippen LogP contribution in [0.1, 0.15) is 12.0 Å². The van der Waals surface area contributed by atoms with Gasteiger partial charge < -0.3 is 14.8 Å². The molecule has 0 atom stereocenters. The van der Waals surface area contributed by atoms with Crippen LogP contribution in [0, 0.1) is 0 Å². The monoisotopic (exact) mass is 376 g/mol. The van der Waals surface area contributed by atoms with Crippen molar-refractivity contribution in [1.82, 2.24) is 4.90 Å². The van der Waals surface area contributed by atoms with Crippen LogP contribution in [0.15, 0.2) is 42.5 Å². The molecule has 0 fully saturated rings. The first kappa shape index (κ1) is 20.1. The zero-order chi connectivity index (χ0) is 18.9. The normalized spacial score (nSPS) is 10.7. The molecular weight excluding hydrogens is 352 g/mol. The van der Waals surface area contributed by atoms with Gasteiger partial charge in [0.05, 0.1) is 26.5 Å². The van der Waals surface area contributed by atoms with E-state index in [4.69, 9.17) is 21.1 Å². The van der Waals surface area contributed by atoms with Crippen molar-refractivity contribution in [1.29, 1.82) is 0 Å². The van der Waals surface area contributed by atoms with Crippen molar-refractivity contribution in [3.63, 3.8) is 0 Å². The fraction of sp³-hybridized carbons (Fsp3) is 0.350. The maximum absolute atomic E-state index is 12.2. The van der Waals surface area contributed by atoms with Crippen LogP contribution in [0.5, 0.6) is 11.5 Å². The summed E-state index contributed by atoms with van der Waals surface area (Å²) in [6, 6.07) is 13.2. The maximum atomic E-state index is 12.2. The molecule has 0 saturated heterocycles. The summed E-state index contributed by atoms with van der Waals surface area (Å²) in [7, 11) is 5.15. The highest BCUT2D eigenvalue weighted by molar-refractivity contribution is 6.31. The largest absolute Gasteiger partial charge is 0.497 e. The van der Waals surface area contributed by atoms with Gasteiger partial charge in [-0.05, 0) is 62.3 Å². The summed E-state index contributed by atoms with van der Waals surface area (Å²) in [5.74, 6) is 1.35. The molecule has 1 amide bonds. The van der Waals surface area contributed by atoms with E-state index in [2.05, 4.69) is 17.4 Å². The number of hydrogen-bond donors (Lipinski definition) is 1. The van der Waals surface area contributed by atoms with Crippen LogP contribution < -0.4 is 14.8 Å². The quantitative estimate of drug-likeness (QED) is 0.722. The number of nitrogens with one attached hydrogen (secondary N) is 1. The lowest BCUT2D eigenvalue weighted by atomic mass is 10.1. The Labute approximate surface area is 159 Å². The van der Waals surface area contributed by atoms with Crippen molar-refractivity contribution in [3.8, 4) is 11.5 Å². The zero-order valence-electron chi connectivity index (χ0n) is 15.4. The van der Waals surface area contributed by atoms with Gasteiger partial charge >= 0.3 is 0 Å². The number of benzene rings is 2. The Bertz CT molecular complexity index is 719. The molecule has 0 bridgehead atoms. The molecule has 0 aliphatic carbocycles. The fourth-order valence-electron chi connectivity index (χ4n) is 2.64. The Kier molecular flexibility index (Phi) is 7.75. The molecule has 0 spiro atoms. The molecule has 2 aromatic carbocycles. The lowest BCUT2D eigenvalue weighted by molar-refractivity contribution is -0.117. The lowest BCUT2D eigenvalue weighted by Crippen LogP contribution is -2.31. The highest BCUT2D eigenvalue weighted by atomic mass is 35.5. The van der Waals surface area contributed by atoms with Crippen LogP contribution in [-0.2, 0) is 11.2 Å². The van der Waals surface area contributed by atoms with E-state index in [0.29, 0.717) is 23.0 Å². The molecule has 0 heterocycles. The number of aryl methyl sites for hydroxylation is 1. The predicted molar refractivity (Wildman–Crippen MR) is 105 cm³/mol. The SMILES string of the molecule is COc1ccc(CCCN(C)CC(=O)Nc2cc(Cl)ccc2OC)cc1. The zero-order valence-corrected chi connectivity index (χ0v) is 16.2. The minimum atomic E-state index is -0.0995. The summed E-state index contributed by atoms with van der Waals surface area (Å²) in [6.07, 6.45) is 1.93. The van der Waals surface area contributed by atoms with Crippen LogP contribution >= 0.6 is 11.6 Å². The van der Waals surface area contributed by atoms with E-state index >= 15 is 0 Å². The molecule has 6 heteroatoms. The first-order valence-corrected chi connectivity index (χ1v) is 8.84. The van der Waals surface area contributed by atoms with Gasteiger partial charge in [0.25, 0.3) is 0 Å².